The van der Waals surface area contributed by atoms with Crippen LogP contribution in [0.25, 0.3) is 0 Å². The fraction of sp³-hybridized carbons (Fsp3) is 0.0833. The smallest absolute Gasteiger partial charge is 0.338 e. The van der Waals surface area contributed by atoms with Gasteiger partial charge in [0, 0.05) is 21.7 Å². The van der Waals surface area contributed by atoms with Crippen LogP contribution in [0.3, 0.4) is 0 Å². The van der Waals surface area contributed by atoms with E-state index in [1.54, 1.807) is 0 Å². The van der Waals surface area contributed by atoms with Gasteiger partial charge in [0.2, 0.25) is 0 Å². The highest BCUT2D eigenvalue weighted by molar-refractivity contribution is 9.10. The van der Waals surface area contributed by atoms with Gasteiger partial charge in [-0.05, 0) is 33.4 Å². The molecule has 5 nitrogen and oxygen atoms in total. The van der Waals surface area contributed by atoms with Gasteiger partial charge in [-0.1, -0.05) is 0 Å². The largest absolute Gasteiger partial charge is 0.478 e. The maximum Gasteiger partial charge on any atom is 0.338 e. The second-order valence-corrected chi connectivity index (χ2v) is 5.46. The normalized spacial score (nSPS) is 10.2. The van der Waals surface area contributed by atoms with Gasteiger partial charge >= 0.3 is 5.97 Å². The van der Waals surface area contributed by atoms with Crippen molar-refractivity contribution in [1.82, 2.24) is 10.3 Å². The number of aromatic carboxylic acids is 1. The minimum Gasteiger partial charge on any atom is -0.478 e. The van der Waals surface area contributed by atoms with E-state index < -0.39 is 11.9 Å². The second kappa shape index (κ2) is 5.94. The van der Waals surface area contributed by atoms with E-state index in [0.717, 1.165) is 15.5 Å². The van der Waals surface area contributed by atoms with Crippen LogP contribution in [-0.2, 0) is 6.54 Å². The van der Waals surface area contributed by atoms with Crippen molar-refractivity contribution >= 4 is 39.1 Å². The molecule has 0 saturated heterocycles. The fourth-order valence-corrected chi connectivity index (χ4v) is 2.90. The standard InChI is InChI=1S/C12H9BrN2O3S/c13-9-2-4-19-10(9)6-15-11(16)7-1-3-14-5-8(7)12(17)18/h1-5H,6H2,(H,15,16)(H,17,18). The third kappa shape index (κ3) is 3.18. The number of hydrogen-bond donors (Lipinski definition) is 2. The van der Waals surface area contributed by atoms with E-state index in [4.69, 9.17) is 5.11 Å². The molecule has 7 heteroatoms. The highest BCUT2D eigenvalue weighted by Gasteiger charge is 2.16. The molecule has 0 aliphatic carbocycles. The molecule has 0 radical (unpaired) electrons. The van der Waals surface area contributed by atoms with E-state index in [2.05, 4.69) is 26.2 Å². The monoisotopic (exact) mass is 340 g/mol. The molecule has 2 rings (SSSR count). The van der Waals surface area contributed by atoms with E-state index >= 15 is 0 Å². The number of carboxylic acids is 1. The quantitative estimate of drug-likeness (QED) is 0.896. The van der Waals surface area contributed by atoms with Crippen molar-refractivity contribution in [3.63, 3.8) is 0 Å². The molecule has 0 atom stereocenters. The van der Waals surface area contributed by atoms with Gasteiger partial charge in [-0.25, -0.2) is 4.79 Å². The van der Waals surface area contributed by atoms with Crippen molar-refractivity contribution < 1.29 is 14.7 Å². The summed E-state index contributed by atoms with van der Waals surface area (Å²) in [7, 11) is 0. The third-order valence-corrected chi connectivity index (χ3v) is 4.32. The minimum atomic E-state index is -1.17. The number of rotatable bonds is 4. The maximum atomic E-state index is 12.0. The highest BCUT2D eigenvalue weighted by atomic mass is 79.9. The lowest BCUT2D eigenvalue weighted by Crippen LogP contribution is -2.24. The van der Waals surface area contributed by atoms with Crippen LogP contribution < -0.4 is 5.32 Å². The van der Waals surface area contributed by atoms with Gasteiger partial charge in [0.1, 0.15) is 0 Å². The number of thiophene rings is 1. The number of hydrogen-bond acceptors (Lipinski definition) is 4. The van der Waals surface area contributed by atoms with Gasteiger partial charge in [-0.3, -0.25) is 9.78 Å². The first kappa shape index (κ1) is 13.7. The molecule has 1 amide bonds. The van der Waals surface area contributed by atoms with Crippen molar-refractivity contribution in [3.05, 3.63) is 50.4 Å². The number of amides is 1. The van der Waals surface area contributed by atoms with Gasteiger partial charge in [-0.2, -0.15) is 0 Å². The molecule has 0 aliphatic rings. The third-order valence-electron chi connectivity index (χ3n) is 2.40. The molecule has 2 aromatic heterocycles. The fourth-order valence-electron chi connectivity index (χ4n) is 1.47. The van der Waals surface area contributed by atoms with Gasteiger partial charge in [-0.15, -0.1) is 11.3 Å². The summed E-state index contributed by atoms with van der Waals surface area (Å²) < 4.78 is 0.922. The molecule has 19 heavy (non-hydrogen) atoms. The van der Waals surface area contributed by atoms with Crippen LogP contribution in [0, 0.1) is 0 Å². The van der Waals surface area contributed by atoms with Gasteiger partial charge in [0.05, 0.1) is 17.7 Å². The predicted octanol–water partition coefficient (Wildman–Crippen LogP) is 2.53. The van der Waals surface area contributed by atoms with E-state index in [1.165, 1.54) is 23.6 Å². The van der Waals surface area contributed by atoms with Crippen LogP contribution in [0.15, 0.2) is 34.4 Å². The lowest BCUT2D eigenvalue weighted by atomic mass is 10.1. The number of aromatic nitrogens is 1. The molecule has 0 spiro atoms. The van der Waals surface area contributed by atoms with Crippen LogP contribution in [-0.4, -0.2) is 22.0 Å². The molecular weight excluding hydrogens is 332 g/mol. The number of carboxylic acid groups (broad SMARTS) is 1. The molecule has 0 saturated carbocycles. The van der Waals surface area contributed by atoms with Crippen LogP contribution in [0.1, 0.15) is 25.6 Å². The Morgan fingerprint density at radius 1 is 1.37 bits per heavy atom. The van der Waals surface area contributed by atoms with Crippen LogP contribution in [0.2, 0.25) is 0 Å². The zero-order valence-electron chi connectivity index (χ0n) is 9.59. The summed E-state index contributed by atoms with van der Waals surface area (Å²) in [4.78, 5) is 27.6. The summed E-state index contributed by atoms with van der Waals surface area (Å²) in [5.41, 5.74) is 0.000392. The summed E-state index contributed by atoms with van der Waals surface area (Å²) >= 11 is 4.87. The number of nitrogens with zero attached hydrogens (tertiary/aromatic N) is 1. The molecule has 98 valence electrons. The molecular formula is C12H9BrN2O3S. The topological polar surface area (TPSA) is 79.3 Å². The first-order valence-corrected chi connectivity index (χ1v) is 6.94. The average molecular weight is 341 g/mol. The van der Waals surface area contributed by atoms with Gasteiger partial charge in [0.15, 0.2) is 0 Å². The first-order valence-electron chi connectivity index (χ1n) is 5.27. The Morgan fingerprint density at radius 3 is 2.79 bits per heavy atom. The summed E-state index contributed by atoms with van der Waals surface area (Å²) in [6, 6.07) is 3.28. The van der Waals surface area contributed by atoms with E-state index in [1.807, 2.05) is 11.4 Å². The van der Waals surface area contributed by atoms with E-state index in [0.29, 0.717) is 6.54 Å². The average Bonchev–Trinajstić information content (AvgIpc) is 2.81. The molecule has 0 bridgehead atoms. The molecule has 2 aromatic rings. The Balaban J connectivity index is 2.13. The Kier molecular flexibility index (Phi) is 4.28. The zero-order valence-corrected chi connectivity index (χ0v) is 12.0. The van der Waals surface area contributed by atoms with Gasteiger partial charge in [0.25, 0.3) is 5.91 Å². The Hall–Kier alpha value is -1.73. The number of carbonyl (C=O) groups is 2. The maximum absolute atomic E-state index is 12.0. The number of pyridine rings is 1. The molecule has 0 fully saturated rings. The number of nitrogens with one attached hydrogen (secondary N) is 1. The molecule has 0 aromatic carbocycles. The number of carbonyl (C=O) groups excluding carboxylic acids is 1. The molecule has 2 heterocycles. The Bertz CT molecular complexity index is 627. The van der Waals surface area contributed by atoms with Crippen molar-refractivity contribution in [1.29, 1.82) is 0 Å². The number of halogens is 1. The van der Waals surface area contributed by atoms with Crippen molar-refractivity contribution in [2.45, 2.75) is 6.54 Å². The van der Waals surface area contributed by atoms with Crippen LogP contribution >= 0.6 is 27.3 Å². The molecule has 2 N–H and O–H groups in total. The molecule has 0 unspecified atom stereocenters. The van der Waals surface area contributed by atoms with Gasteiger partial charge < -0.3 is 10.4 Å². The summed E-state index contributed by atoms with van der Waals surface area (Å²) in [6.07, 6.45) is 2.56. The van der Waals surface area contributed by atoms with Crippen molar-refractivity contribution in [3.8, 4) is 0 Å². The summed E-state index contributed by atoms with van der Waals surface area (Å²) in [5.74, 6) is -1.60. The second-order valence-electron chi connectivity index (χ2n) is 3.60. The van der Waals surface area contributed by atoms with E-state index in [-0.39, 0.29) is 11.1 Å². The lowest BCUT2D eigenvalue weighted by molar-refractivity contribution is 0.0690. The van der Waals surface area contributed by atoms with Crippen LogP contribution in [0.5, 0.6) is 0 Å². The highest BCUT2D eigenvalue weighted by Crippen LogP contribution is 2.22. The van der Waals surface area contributed by atoms with E-state index in [9.17, 15) is 9.59 Å². The zero-order chi connectivity index (χ0) is 13.8. The minimum absolute atomic E-state index is 0.106. The first-order chi connectivity index (χ1) is 9.09. The summed E-state index contributed by atoms with van der Waals surface area (Å²) in [6.45, 7) is 0.346. The predicted molar refractivity (Wildman–Crippen MR) is 74.4 cm³/mol. The van der Waals surface area contributed by atoms with Crippen molar-refractivity contribution in [2.24, 2.45) is 0 Å². The van der Waals surface area contributed by atoms with Crippen LogP contribution in [0.4, 0.5) is 0 Å². The summed E-state index contributed by atoms with van der Waals surface area (Å²) in [5, 5.41) is 13.6. The van der Waals surface area contributed by atoms with Crippen molar-refractivity contribution in [2.75, 3.05) is 0 Å². The Labute approximate surface area is 121 Å². The SMILES string of the molecule is O=C(O)c1cnccc1C(=O)NCc1sccc1Br. The lowest BCUT2D eigenvalue weighted by Gasteiger charge is -2.06. The molecule has 0 aliphatic heterocycles. The Morgan fingerprint density at radius 2 is 2.16 bits per heavy atom.